The number of furan rings is 1. The van der Waals surface area contributed by atoms with Gasteiger partial charge in [-0.05, 0) is 12.1 Å². The summed E-state index contributed by atoms with van der Waals surface area (Å²) in [5.74, 6) is 0.472. The standard InChI is InChI=1S/C13H13N3O4S/c1-19-15-9(8-4-2-6-20-8)11(17)14-10-12(18)16-5-3-7-21-13(10)16/h2-6,10,13H,7H2,1H3,(H,14,17)/t10?,13-/m0/s1. The van der Waals surface area contributed by atoms with Crippen molar-refractivity contribution in [3.63, 3.8) is 0 Å². The molecule has 0 radical (unpaired) electrons. The first-order valence-electron chi connectivity index (χ1n) is 6.28. The number of oxime groups is 1. The minimum absolute atomic E-state index is 0.00472. The molecule has 0 spiro atoms. The maximum atomic E-state index is 12.3. The Kier molecular flexibility index (Phi) is 3.70. The van der Waals surface area contributed by atoms with Crippen molar-refractivity contribution in [3.05, 3.63) is 36.4 Å². The lowest BCUT2D eigenvalue weighted by molar-refractivity contribution is -0.143. The SMILES string of the molecule is CON=C(C(=O)NC1C(=O)N2C=CCS[C@@H]12)c1ccco1. The molecule has 2 atom stereocenters. The second kappa shape index (κ2) is 5.65. The van der Waals surface area contributed by atoms with Crippen molar-refractivity contribution in [1.29, 1.82) is 0 Å². The highest BCUT2D eigenvalue weighted by Crippen LogP contribution is 2.33. The van der Waals surface area contributed by atoms with Gasteiger partial charge >= 0.3 is 0 Å². The lowest BCUT2D eigenvalue weighted by Gasteiger charge is -2.46. The van der Waals surface area contributed by atoms with Gasteiger partial charge in [-0.1, -0.05) is 11.2 Å². The van der Waals surface area contributed by atoms with Gasteiger partial charge in [0.15, 0.2) is 5.76 Å². The highest BCUT2D eigenvalue weighted by molar-refractivity contribution is 8.00. The van der Waals surface area contributed by atoms with E-state index < -0.39 is 11.9 Å². The molecule has 8 heteroatoms. The normalized spacial score (nSPS) is 24.3. The molecule has 3 rings (SSSR count). The summed E-state index contributed by atoms with van der Waals surface area (Å²) in [6.07, 6.45) is 5.10. The third-order valence-electron chi connectivity index (χ3n) is 3.15. The van der Waals surface area contributed by atoms with E-state index in [2.05, 4.69) is 15.3 Å². The zero-order valence-electron chi connectivity index (χ0n) is 11.2. The van der Waals surface area contributed by atoms with Crippen LogP contribution in [0, 0.1) is 0 Å². The third kappa shape index (κ3) is 2.42. The molecular weight excluding hydrogens is 294 g/mol. The van der Waals surface area contributed by atoms with Gasteiger partial charge in [0.25, 0.3) is 11.8 Å². The molecule has 1 fully saturated rings. The van der Waals surface area contributed by atoms with Crippen molar-refractivity contribution in [2.45, 2.75) is 11.4 Å². The molecule has 2 amide bonds. The Bertz CT molecular complexity index is 611. The van der Waals surface area contributed by atoms with E-state index in [4.69, 9.17) is 4.42 Å². The second-order valence-corrected chi connectivity index (χ2v) is 5.55. The molecule has 110 valence electrons. The fraction of sp³-hybridized carbons (Fsp3) is 0.308. The number of thioether (sulfide) groups is 1. The van der Waals surface area contributed by atoms with Crippen LogP contribution in [-0.2, 0) is 14.4 Å². The van der Waals surface area contributed by atoms with Gasteiger partial charge in [0, 0.05) is 12.0 Å². The van der Waals surface area contributed by atoms with Crippen molar-refractivity contribution in [2.75, 3.05) is 12.9 Å². The number of carbonyl (C=O) groups excluding carboxylic acids is 2. The molecule has 21 heavy (non-hydrogen) atoms. The maximum Gasteiger partial charge on any atom is 0.277 e. The molecule has 1 N–H and O–H groups in total. The van der Waals surface area contributed by atoms with Crippen molar-refractivity contribution < 1.29 is 18.8 Å². The Morgan fingerprint density at radius 2 is 2.48 bits per heavy atom. The monoisotopic (exact) mass is 307 g/mol. The highest BCUT2D eigenvalue weighted by atomic mass is 32.2. The van der Waals surface area contributed by atoms with Gasteiger partial charge in [0.05, 0.1) is 6.26 Å². The van der Waals surface area contributed by atoms with E-state index in [1.807, 2.05) is 6.08 Å². The van der Waals surface area contributed by atoms with Gasteiger partial charge < -0.3 is 19.5 Å². The number of fused-ring (bicyclic) bond motifs is 1. The van der Waals surface area contributed by atoms with Gasteiger partial charge in [0.2, 0.25) is 5.71 Å². The first kappa shape index (κ1) is 13.7. The van der Waals surface area contributed by atoms with Gasteiger partial charge in [0.1, 0.15) is 18.5 Å². The van der Waals surface area contributed by atoms with Gasteiger partial charge in [-0.25, -0.2) is 0 Å². The molecule has 0 aliphatic carbocycles. The van der Waals surface area contributed by atoms with Crippen LogP contribution in [0.2, 0.25) is 0 Å². The van der Waals surface area contributed by atoms with E-state index in [1.54, 1.807) is 35.0 Å². The average molecular weight is 307 g/mol. The largest absolute Gasteiger partial charge is 0.462 e. The minimum atomic E-state index is -0.551. The predicted octanol–water partition coefficient (Wildman–Crippen LogP) is 0.544. The summed E-state index contributed by atoms with van der Waals surface area (Å²) >= 11 is 1.60. The Hall–Kier alpha value is -2.22. The number of nitrogens with one attached hydrogen (secondary N) is 1. The van der Waals surface area contributed by atoms with Crippen LogP contribution >= 0.6 is 11.8 Å². The smallest absolute Gasteiger partial charge is 0.277 e. The molecule has 1 unspecified atom stereocenters. The number of amides is 2. The fourth-order valence-electron chi connectivity index (χ4n) is 2.18. The molecule has 1 saturated heterocycles. The lowest BCUT2D eigenvalue weighted by atomic mass is 10.1. The van der Waals surface area contributed by atoms with Gasteiger partial charge in [-0.2, -0.15) is 0 Å². The highest BCUT2D eigenvalue weighted by Gasteiger charge is 2.48. The molecule has 1 aromatic heterocycles. The first-order valence-corrected chi connectivity index (χ1v) is 7.33. The number of nitrogens with zero attached hydrogens (tertiary/aromatic N) is 2. The number of β-lactam (4-membered cyclic amide) rings is 1. The summed E-state index contributed by atoms with van der Waals surface area (Å²) in [4.78, 5) is 30.5. The van der Waals surface area contributed by atoms with E-state index in [9.17, 15) is 9.59 Å². The van der Waals surface area contributed by atoms with Crippen LogP contribution in [0.5, 0.6) is 0 Å². The molecule has 2 aliphatic rings. The van der Waals surface area contributed by atoms with E-state index in [-0.39, 0.29) is 22.8 Å². The van der Waals surface area contributed by atoms with E-state index in [1.165, 1.54) is 13.4 Å². The summed E-state index contributed by atoms with van der Waals surface area (Å²) in [5, 5.41) is 6.29. The lowest BCUT2D eigenvalue weighted by Crippen LogP contribution is -2.68. The van der Waals surface area contributed by atoms with Gasteiger partial charge in [-0.15, -0.1) is 11.8 Å². The molecule has 0 saturated carbocycles. The first-order chi connectivity index (χ1) is 10.2. The van der Waals surface area contributed by atoms with E-state index in [0.29, 0.717) is 0 Å². The van der Waals surface area contributed by atoms with E-state index >= 15 is 0 Å². The topological polar surface area (TPSA) is 84.1 Å². The Morgan fingerprint density at radius 3 is 3.19 bits per heavy atom. The zero-order chi connectivity index (χ0) is 14.8. The number of hydrogen-bond donors (Lipinski definition) is 1. The number of rotatable bonds is 4. The van der Waals surface area contributed by atoms with Crippen LogP contribution in [0.4, 0.5) is 0 Å². The van der Waals surface area contributed by atoms with Crippen LogP contribution < -0.4 is 5.32 Å². The van der Waals surface area contributed by atoms with Crippen molar-refractivity contribution in [2.24, 2.45) is 5.16 Å². The molecule has 0 aromatic carbocycles. The summed E-state index contributed by atoms with van der Waals surface area (Å²) in [6.45, 7) is 0. The molecule has 2 aliphatic heterocycles. The Labute approximate surface area is 125 Å². The van der Waals surface area contributed by atoms with Gasteiger partial charge in [-0.3, -0.25) is 9.59 Å². The second-order valence-electron chi connectivity index (χ2n) is 4.41. The summed E-state index contributed by atoms with van der Waals surface area (Å²) in [5.41, 5.74) is 0.00472. The third-order valence-corrected chi connectivity index (χ3v) is 4.37. The van der Waals surface area contributed by atoms with Crippen LogP contribution in [0.25, 0.3) is 0 Å². The summed E-state index contributed by atoms with van der Waals surface area (Å²) in [6, 6.07) is 2.69. The number of carbonyl (C=O) groups is 2. The predicted molar refractivity (Wildman–Crippen MR) is 76.4 cm³/mol. The van der Waals surface area contributed by atoms with Crippen molar-refractivity contribution >= 4 is 29.3 Å². The molecule has 7 nitrogen and oxygen atoms in total. The van der Waals surface area contributed by atoms with E-state index in [0.717, 1.165) is 5.75 Å². The van der Waals surface area contributed by atoms with Crippen molar-refractivity contribution in [1.82, 2.24) is 10.2 Å². The molecule has 3 heterocycles. The summed E-state index contributed by atoms with van der Waals surface area (Å²) < 4.78 is 5.15. The molecule has 0 bridgehead atoms. The fourth-order valence-corrected chi connectivity index (χ4v) is 3.28. The molecular formula is C13H13N3O4S. The van der Waals surface area contributed by atoms with Crippen LogP contribution in [-0.4, -0.2) is 46.7 Å². The Balaban J connectivity index is 1.72. The molecule has 1 aromatic rings. The quantitative estimate of drug-likeness (QED) is 0.499. The summed E-state index contributed by atoms with van der Waals surface area (Å²) in [7, 11) is 1.34. The van der Waals surface area contributed by atoms with Crippen LogP contribution in [0.1, 0.15) is 5.76 Å². The minimum Gasteiger partial charge on any atom is -0.462 e. The van der Waals surface area contributed by atoms with Crippen LogP contribution in [0.15, 0.2) is 40.2 Å². The maximum absolute atomic E-state index is 12.3. The number of hydrogen-bond acceptors (Lipinski definition) is 6. The van der Waals surface area contributed by atoms with Crippen molar-refractivity contribution in [3.8, 4) is 0 Å². The zero-order valence-corrected chi connectivity index (χ0v) is 12.0. The van der Waals surface area contributed by atoms with Crippen LogP contribution in [0.3, 0.4) is 0 Å². The average Bonchev–Trinajstić information content (AvgIpc) is 3.03. The Morgan fingerprint density at radius 1 is 1.62 bits per heavy atom.